The molecule has 0 aromatic heterocycles. The van der Waals surface area contributed by atoms with Gasteiger partial charge in [-0.15, -0.1) is 11.8 Å². The first kappa shape index (κ1) is 27.3. The molecule has 1 heterocycles. The van der Waals surface area contributed by atoms with Gasteiger partial charge in [-0.25, -0.2) is 4.99 Å². The molecule has 0 radical (unpaired) electrons. The van der Waals surface area contributed by atoms with E-state index < -0.39 is 0 Å². The van der Waals surface area contributed by atoms with Crippen molar-refractivity contribution in [2.45, 2.75) is 77.7 Å². The summed E-state index contributed by atoms with van der Waals surface area (Å²) in [6.45, 7) is 15.1. The predicted octanol–water partition coefficient (Wildman–Crippen LogP) is 6.10. The number of aliphatic imine (C=N–C) groups is 2. The molecule has 1 aliphatic heterocycles. The summed E-state index contributed by atoms with van der Waals surface area (Å²) in [5, 5.41) is 0. The second kappa shape index (κ2) is 13.1. The molecule has 0 fully saturated rings. The fraction of sp³-hybridized carbons (Fsp3) is 0.593. The Kier molecular flexibility index (Phi) is 10.8. The minimum absolute atomic E-state index is 0.0233. The third kappa shape index (κ3) is 8.74. The molecule has 0 saturated heterocycles. The zero-order valence-electron chi connectivity index (χ0n) is 21.5. The van der Waals surface area contributed by atoms with Crippen molar-refractivity contribution in [2.75, 3.05) is 25.9 Å². The Bertz CT molecular complexity index is 889. The summed E-state index contributed by atoms with van der Waals surface area (Å²) < 4.78 is 6.12. The summed E-state index contributed by atoms with van der Waals surface area (Å²) in [6, 6.07) is 6.26. The first-order valence-corrected chi connectivity index (χ1v) is 13.2. The normalized spacial score (nSPS) is 15.2. The number of benzene rings is 1. The Balaban J connectivity index is 1.92. The highest BCUT2D eigenvalue weighted by molar-refractivity contribution is 7.98. The van der Waals surface area contributed by atoms with E-state index >= 15 is 0 Å². The second-order valence-electron chi connectivity index (χ2n) is 9.37. The van der Waals surface area contributed by atoms with E-state index in [2.05, 4.69) is 80.9 Å². The third-order valence-electron chi connectivity index (χ3n) is 6.36. The van der Waals surface area contributed by atoms with Gasteiger partial charge in [0.15, 0.2) is 5.90 Å². The maximum absolute atomic E-state index is 13.0. The fourth-order valence-electron chi connectivity index (χ4n) is 3.66. The van der Waals surface area contributed by atoms with Crippen LogP contribution in [0.1, 0.15) is 65.0 Å². The van der Waals surface area contributed by atoms with Crippen LogP contribution in [0.5, 0.6) is 0 Å². The lowest BCUT2D eigenvalue weighted by molar-refractivity contribution is -0.122. The summed E-state index contributed by atoms with van der Waals surface area (Å²) in [6.07, 6.45) is 8.41. The fourth-order valence-corrected chi connectivity index (χ4v) is 4.35. The summed E-state index contributed by atoms with van der Waals surface area (Å²) in [5.74, 6) is 1.06. The second-order valence-corrected chi connectivity index (χ2v) is 10.2. The van der Waals surface area contributed by atoms with Crippen molar-refractivity contribution in [1.82, 2.24) is 4.90 Å². The molecule has 0 saturated carbocycles. The summed E-state index contributed by atoms with van der Waals surface area (Å²) in [4.78, 5) is 25.6. The number of carbonyl (C=O) groups excluding carboxylic acids is 1. The minimum Gasteiger partial charge on any atom is -0.474 e. The van der Waals surface area contributed by atoms with Crippen LogP contribution in [-0.2, 0) is 16.0 Å². The van der Waals surface area contributed by atoms with Gasteiger partial charge in [0.1, 0.15) is 11.4 Å². The molecule has 0 bridgehead atoms. The van der Waals surface area contributed by atoms with Crippen molar-refractivity contribution in [2.24, 2.45) is 15.9 Å². The molecule has 1 unspecified atom stereocenters. The van der Waals surface area contributed by atoms with Crippen molar-refractivity contribution in [3.05, 3.63) is 41.7 Å². The Morgan fingerprint density at radius 2 is 1.97 bits per heavy atom. The third-order valence-corrected chi connectivity index (χ3v) is 7.18. The summed E-state index contributed by atoms with van der Waals surface area (Å²) >= 11 is 1.71. The van der Waals surface area contributed by atoms with E-state index in [1.165, 1.54) is 16.0 Å². The highest BCUT2D eigenvalue weighted by atomic mass is 32.2. The van der Waals surface area contributed by atoms with Crippen LogP contribution in [0.3, 0.4) is 0 Å². The number of ether oxygens (including phenoxy) is 1. The van der Waals surface area contributed by atoms with Crippen LogP contribution in [-0.4, -0.2) is 53.8 Å². The molecule has 33 heavy (non-hydrogen) atoms. The number of hydrogen-bond donors (Lipinski definition) is 0. The number of Topliss-reactive ketones (excluding diaryl/α,β-unsaturated/α-hetero) is 1. The maximum Gasteiger partial charge on any atom is 0.194 e. The lowest BCUT2D eigenvalue weighted by atomic mass is 9.94. The van der Waals surface area contributed by atoms with Crippen molar-refractivity contribution < 1.29 is 9.53 Å². The first-order valence-electron chi connectivity index (χ1n) is 12.0. The standard InChI is InChI=1S/C27H41N3O2S/c1-8-27(5,6)32-26-17-22(28-14-15-29-26)19-30(9-2)16-13-21(4)24(31)18-23-20(3)11-10-12-25(23)33-7/h10-12,14-15,21H,8-9,13,16-19H2,1-7H3. The predicted molar refractivity (Wildman–Crippen MR) is 142 cm³/mol. The Hall–Kier alpha value is -1.92. The average Bonchev–Trinajstić information content (AvgIpc) is 3.01. The van der Waals surface area contributed by atoms with Gasteiger partial charge in [-0.05, 0) is 70.2 Å². The summed E-state index contributed by atoms with van der Waals surface area (Å²) in [7, 11) is 0. The van der Waals surface area contributed by atoms with Gasteiger partial charge in [0.05, 0.1) is 6.42 Å². The van der Waals surface area contributed by atoms with Gasteiger partial charge in [-0.2, -0.15) is 0 Å². The van der Waals surface area contributed by atoms with Crippen molar-refractivity contribution in [3.63, 3.8) is 0 Å². The molecule has 1 aromatic carbocycles. The van der Waals surface area contributed by atoms with Crippen LogP contribution in [0.15, 0.2) is 45.5 Å². The number of rotatable bonds is 12. The van der Waals surface area contributed by atoms with E-state index in [9.17, 15) is 4.79 Å². The quantitative estimate of drug-likeness (QED) is 0.346. The number of hydrogen-bond acceptors (Lipinski definition) is 6. The van der Waals surface area contributed by atoms with Gasteiger partial charge in [0.2, 0.25) is 0 Å². The highest BCUT2D eigenvalue weighted by Crippen LogP contribution is 2.25. The topological polar surface area (TPSA) is 54.3 Å². The van der Waals surface area contributed by atoms with Gasteiger partial charge in [0, 0.05) is 41.9 Å². The first-order chi connectivity index (χ1) is 15.7. The molecule has 0 spiro atoms. The monoisotopic (exact) mass is 471 g/mol. The molecule has 0 amide bonds. The number of aryl methyl sites for hydroxylation is 1. The largest absolute Gasteiger partial charge is 0.474 e. The van der Waals surface area contributed by atoms with Crippen LogP contribution in [0.4, 0.5) is 0 Å². The van der Waals surface area contributed by atoms with E-state index in [0.717, 1.165) is 44.1 Å². The van der Waals surface area contributed by atoms with Gasteiger partial charge in [-0.3, -0.25) is 14.7 Å². The van der Waals surface area contributed by atoms with E-state index in [4.69, 9.17) is 4.74 Å². The smallest absolute Gasteiger partial charge is 0.194 e. The molecule has 1 atom stereocenters. The van der Waals surface area contributed by atoms with E-state index in [0.29, 0.717) is 18.6 Å². The Morgan fingerprint density at radius 1 is 1.24 bits per heavy atom. The zero-order valence-corrected chi connectivity index (χ0v) is 22.3. The molecule has 2 rings (SSSR count). The molecular weight excluding hydrogens is 430 g/mol. The van der Waals surface area contributed by atoms with Gasteiger partial charge < -0.3 is 4.74 Å². The molecule has 1 aromatic rings. The maximum atomic E-state index is 13.0. The lowest BCUT2D eigenvalue weighted by Gasteiger charge is -2.26. The molecule has 0 aliphatic carbocycles. The van der Waals surface area contributed by atoms with Crippen LogP contribution in [0.2, 0.25) is 0 Å². The minimum atomic E-state index is -0.240. The number of carbonyl (C=O) groups is 1. The molecule has 6 heteroatoms. The van der Waals surface area contributed by atoms with Crippen molar-refractivity contribution in [3.8, 4) is 0 Å². The Labute approximate surface area is 204 Å². The van der Waals surface area contributed by atoms with Crippen LogP contribution in [0.25, 0.3) is 0 Å². The zero-order chi connectivity index (χ0) is 24.4. The average molecular weight is 472 g/mol. The van der Waals surface area contributed by atoms with Crippen molar-refractivity contribution >= 4 is 29.2 Å². The van der Waals surface area contributed by atoms with Crippen LogP contribution >= 0.6 is 11.8 Å². The number of thioether (sulfide) groups is 1. The van der Waals surface area contributed by atoms with Crippen LogP contribution in [0, 0.1) is 12.8 Å². The molecule has 1 aliphatic rings. The molecular formula is C27H41N3O2S. The highest BCUT2D eigenvalue weighted by Gasteiger charge is 2.22. The molecule has 0 N–H and O–H groups in total. The van der Waals surface area contributed by atoms with Gasteiger partial charge in [-0.1, -0.05) is 32.9 Å². The lowest BCUT2D eigenvalue weighted by Crippen LogP contribution is -2.34. The van der Waals surface area contributed by atoms with Crippen molar-refractivity contribution in [1.29, 1.82) is 0 Å². The van der Waals surface area contributed by atoms with Gasteiger partial charge in [0.25, 0.3) is 0 Å². The SMILES string of the molecule is CCN(CCC(C)C(=O)Cc1c(C)cccc1SC)CC1=NC=CN=C(OC(C)(C)CC)C1. The number of ketones is 1. The van der Waals surface area contributed by atoms with Crippen LogP contribution < -0.4 is 0 Å². The molecule has 182 valence electrons. The van der Waals surface area contributed by atoms with Gasteiger partial charge >= 0.3 is 0 Å². The summed E-state index contributed by atoms with van der Waals surface area (Å²) in [5.41, 5.74) is 3.17. The Morgan fingerprint density at radius 3 is 2.64 bits per heavy atom. The van der Waals surface area contributed by atoms with E-state index in [1.807, 2.05) is 0 Å². The molecule has 5 nitrogen and oxygen atoms in total. The number of nitrogens with zero attached hydrogens (tertiary/aromatic N) is 3. The van der Waals surface area contributed by atoms with E-state index in [-0.39, 0.29) is 11.5 Å². The van der Waals surface area contributed by atoms with E-state index in [1.54, 1.807) is 24.2 Å².